The van der Waals surface area contributed by atoms with Gasteiger partial charge in [-0.3, -0.25) is 4.98 Å². The number of para-hydroxylation sites is 1. The minimum absolute atomic E-state index is 0.404. The van der Waals surface area contributed by atoms with E-state index >= 15 is 0 Å². The molecule has 0 bridgehead atoms. The van der Waals surface area contributed by atoms with Crippen molar-refractivity contribution in [3.8, 4) is 0 Å². The third-order valence-corrected chi connectivity index (χ3v) is 3.77. The van der Waals surface area contributed by atoms with Gasteiger partial charge < -0.3 is 0 Å². The van der Waals surface area contributed by atoms with E-state index in [9.17, 15) is 0 Å². The monoisotopic (exact) mass is 288 g/mol. The van der Waals surface area contributed by atoms with Gasteiger partial charge in [-0.05, 0) is 6.07 Å². The molecule has 3 rings (SSSR count). The third-order valence-electron chi connectivity index (χ3n) is 2.54. The summed E-state index contributed by atoms with van der Waals surface area (Å²) in [5.74, 6) is 0.700. The SMILES string of the molecule is Clc1cnc(CSc2ncnc3ccccc23)cn1. The Morgan fingerprint density at radius 1 is 1.00 bits per heavy atom. The normalized spacial score (nSPS) is 10.8. The summed E-state index contributed by atoms with van der Waals surface area (Å²) in [6, 6.07) is 7.95. The van der Waals surface area contributed by atoms with Crippen molar-refractivity contribution in [3.05, 3.63) is 53.8 Å². The average Bonchev–Trinajstić information content (AvgIpc) is 2.47. The van der Waals surface area contributed by atoms with Crippen molar-refractivity contribution >= 4 is 34.3 Å². The van der Waals surface area contributed by atoms with Crippen LogP contribution in [0.3, 0.4) is 0 Å². The van der Waals surface area contributed by atoms with Gasteiger partial charge in [0.15, 0.2) is 0 Å². The minimum atomic E-state index is 0.404. The van der Waals surface area contributed by atoms with Gasteiger partial charge >= 0.3 is 0 Å². The number of rotatable bonds is 3. The molecular weight excluding hydrogens is 280 g/mol. The van der Waals surface area contributed by atoms with Crippen molar-refractivity contribution in [2.75, 3.05) is 0 Å². The number of nitrogens with zero attached hydrogens (tertiary/aromatic N) is 4. The first-order valence-electron chi connectivity index (χ1n) is 5.62. The highest BCUT2D eigenvalue weighted by Crippen LogP contribution is 2.26. The van der Waals surface area contributed by atoms with Crippen LogP contribution >= 0.6 is 23.4 Å². The molecule has 0 saturated carbocycles. The Hall–Kier alpha value is -1.72. The van der Waals surface area contributed by atoms with Crippen molar-refractivity contribution in [3.63, 3.8) is 0 Å². The zero-order valence-corrected chi connectivity index (χ0v) is 11.4. The summed E-state index contributed by atoms with van der Waals surface area (Å²) in [6.45, 7) is 0. The van der Waals surface area contributed by atoms with Crippen LogP contribution in [0, 0.1) is 0 Å². The highest BCUT2D eigenvalue weighted by atomic mass is 35.5. The molecule has 0 atom stereocenters. The maximum absolute atomic E-state index is 5.71. The molecule has 19 heavy (non-hydrogen) atoms. The van der Waals surface area contributed by atoms with E-state index in [2.05, 4.69) is 19.9 Å². The number of aromatic nitrogens is 4. The molecule has 0 aliphatic rings. The summed E-state index contributed by atoms with van der Waals surface area (Å²) >= 11 is 7.32. The Morgan fingerprint density at radius 2 is 1.89 bits per heavy atom. The van der Waals surface area contributed by atoms with Gasteiger partial charge in [0.1, 0.15) is 16.5 Å². The molecule has 2 aromatic heterocycles. The quantitative estimate of drug-likeness (QED) is 0.546. The van der Waals surface area contributed by atoms with Gasteiger partial charge in [0.25, 0.3) is 0 Å². The summed E-state index contributed by atoms with van der Waals surface area (Å²) in [4.78, 5) is 16.8. The molecule has 2 heterocycles. The lowest BCUT2D eigenvalue weighted by Crippen LogP contribution is -1.91. The van der Waals surface area contributed by atoms with Crippen LogP contribution in [0.5, 0.6) is 0 Å². The fourth-order valence-corrected chi connectivity index (χ4v) is 2.63. The topological polar surface area (TPSA) is 51.6 Å². The molecule has 0 spiro atoms. The predicted octanol–water partition coefficient (Wildman–Crippen LogP) is 3.37. The molecule has 4 nitrogen and oxygen atoms in total. The minimum Gasteiger partial charge on any atom is -0.256 e. The Balaban J connectivity index is 1.84. The molecular formula is C13H9ClN4S. The molecule has 94 valence electrons. The highest BCUT2D eigenvalue weighted by Gasteiger charge is 2.05. The van der Waals surface area contributed by atoms with Crippen LogP contribution in [0.25, 0.3) is 10.9 Å². The fourth-order valence-electron chi connectivity index (χ4n) is 1.65. The number of thioether (sulfide) groups is 1. The Bertz CT molecular complexity index is 697. The van der Waals surface area contributed by atoms with Gasteiger partial charge in [0, 0.05) is 11.1 Å². The van der Waals surface area contributed by atoms with Crippen LogP contribution in [0.1, 0.15) is 5.69 Å². The van der Waals surface area contributed by atoms with Gasteiger partial charge in [0.05, 0.1) is 23.6 Å². The van der Waals surface area contributed by atoms with Crippen molar-refractivity contribution in [2.24, 2.45) is 0 Å². The van der Waals surface area contributed by atoms with E-state index in [1.807, 2.05) is 24.3 Å². The van der Waals surface area contributed by atoms with Gasteiger partial charge in [-0.1, -0.05) is 41.6 Å². The van der Waals surface area contributed by atoms with E-state index < -0.39 is 0 Å². The maximum Gasteiger partial charge on any atom is 0.147 e. The highest BCUT2D eigenvalue weighted by molar-refractivity contribution is 7.98. The smallest absolute Gasteiger partial charge is 0.147 e. The number of hydrogen-bond donors (Lipinski definition) is 0. The maximum atomic E-state index is 5.71. The van der Waals surface area contributed by atoms with E-state index in [4.69, 9.17) is 11.6 Å². The van der Waals surface area contributed by atoms with Gasteiger partial charge in [-0.2, -0.15) is 0 Å². The van der Waals surface area contributed by atoms with E-state index in [-0.39, 0.29) is 0 Å². The molecule has 1 aromatic carbocycles. The zero-order valence-electron chi connectivity index (χ0n) is 9.82. The Morgan fingerprint density at radius 3 is 2.74 bits per heavy atom. The van der Waals surface area contributed by atoms with Gasteiger partial charge in [0.2, 0.25) is 0 Å². The second-order valence-electron chi connectivity index (χ2n) is 3.82. The average molecular weight is 289 g/mol. The van der Waals surface area contributed by atoms with E-state index in [0.717, 1.165) is 21.6 Å². The molecule has 0 fully saturated rings. The number of fused-ring (bicyclic) bond motifs is 1. The molecule has 3 aromatic rings. The van der Waals surface area contributed by atoms with Crippen LogP contribution in [0.15, 0.2) is 48.0 Å². The second kappa shape index (κ2) is 5.50. The van der Waals surface area contributed by atoms with Crippen LogP contribution in [-0.4, -0.2) is 19.9 Å². The predicted molar refractivity (Wildman–Crippen MR) is 76.1 cm³/mol. The van der Waals surface area contributed by atoms with Crippen molar-refractivity contribution < 1.29 is 0 Å². The zero-order chi connectivity index (χ0) is 13.1. The lowest BCUT2D eigenvalue weighted by Gasteiger charge is -2.04. The standard InChI is InChI=1S/C13H9ClN4S/c14-12-6-15-9(5-16-12)7-19-13-10-3-1-2-4-11(10)17-8-18-13/h1-6,8H,7H2. The Labute approximate surface area is 119 Å². The van der Waals surface area contributed by atoms with Crippen LogP contribution < -0.4 is 0 Å². The summed E-state index contributed by atoms with van der Waals surface area (Å²) in [6.07, 6.45) is 4.81. The van der Waals surface area contributed by atoms with Crippen LogP contribution in [0.2, 0.25) is 5.15 Å². The Kier molecular flexibility index (Phi) is 3.57. The van der Waals surface area contributed by atoms with Crippen molar-refractivity contribution in [2.45, 2.75) is 10.8 Å². The summed E-state index contributed by atoms with van der Waals surface area (Å²) in [5, 5.41) is 2.40. The molecule has 0 aliphatic heterocycles. The lowest BCUT2D eigenvalue weighted by atomic mass is 10.2. The number of hydrogen-bond acceptors (Lipinski definition) is 5. The molecule has 0 unspecified atom stereocenters. The number of halogens is 1. The molecule has 0 radical (unpaired) electrons. The second-order valence-corrected chi connectivity index (χ2v) is 5.17. The van der Waals surface area contributed by atoms with Gasteiger partial charge in [-0.25, -0.2) is 15.0 Å². The first-order chi connectivity index (χ1) is 9.33. The first-order valence-corrected chi connectivity index (χ1v) is 6.98. The third kappa shape index (κ3) is 2.83. The molecule has 0 saturated heterocycles. The molecule has 6 heteroatoms. The van der Waals surface area contributed by atoms with Gasteiger partial charge in [-0.15, -0.1) is 0 Å². The van der Waals surface area contributed by atoms with Crippen molar-refractivity contribution in [1.29, 1.82) is 0 Å². The molecule has 0 N–H and O–H groups in total. The lowest BCUT2D eigenvalue weighted by molar-refractivity contribution is 1.08. The van der Waals surface area contributed by atoms with Crippen LogP contribution in [-0.2, 0) is 5.75 Å². The summed E-state index contributed by atoms with van der Waals surface area (Å²) in [7, 11) is 0. The molecule has 0 aliphatic carbocycles. The van der Waals surface area contributed by atoms with E-state index in [0.29, 0.717) is 10.9 Å². The summed E-state index contributed by atoms with van der Waals surface area (Å²) in [5.41, 5.74) is 1.82. The molecule has 0 amide bonds. The van der Waals surface area contributed by atoms with Crippen molar-refractivity contribution in [1.82, 2.24) is 19.9 Å². The van der Waals surface area contributed by atoms with Crippen LogP contribution in [0.4, 0.5) is 0 Å². The summed E-state index contributed by atoms with van der Waals surface area (Å²) < 4.78 is 0. The first kappa shape index (κ1) is 12.3. The fraction of sp³-hybridized carbons (Fsp3) is 0.0769. The van der Waals surface area contributed by atoms with E-state index in [1.165, 1.54) is 0 Å². The number of benzene rings is 1. The largest absolute Gasteiger partial charge is 0.256 e. The van der Waals surface area contributed by atoms with E-state index in [1.54, 1.807) is 30.5 Å².